The molecule has 0 aliphatic carbocycles. The van der Waals surface area contributed by atoms with Crippen molar-refractivity contribution in [3.05, 3.63) is 77.1 Å². The molecule has 2 aromatic carbocycles. The quantitative estimate of drug-likeness (QED) is 0.623. The van der Waals surface area contributed by atoms with Gasteiger partial charge in [0.25, 0.3) is 0 Å². The summed E-state index contributed by atoms with van der Waals surface area (Å²) in [5.74, 6) is 0.116. The molecule has 1 saturated heterocycles. The van der Waals surface area contributed by atoms with Gasteiger partial charge in [-0.25, -0.2) is 13.5 Å². The van der Waals surface area contributed by atoms with Gasteiger partial charge in [-0.3, -0.25) is 4.90 Å². The summed E-state index contributed by atoms with van der Waals surface area (Å²) >= 11 is 0. The Balaban J connectivity index is 1.68. The van der Waals surface area contributed by atoms with Gasteiger partial charge >= 0.3 is 0 Å². The highest BCUT2D eigenvalue weighted by atomic mass is 19.1. The molecular formula is C22H26F2N6. The molecule has 1 fully saturated rings. The van der Waals surface area contributed by atoms with Gasteiger partial charge < -0.3 is 4.90 Å². The first-order valence-corrected chi connectivity index (χ1v) is 10.4. The van der Waals surface area contributed by atoms with Gasteiger partial charge in [0.2, 0.25) is 0 Å². The molecule has 0 N–H and O–H groups in total. The van der Waals surface area contributed by atoms with Crippen LogP contribution in [-0.2, 0) is 6.54 Å². The zero-order chi connectivity index (χ0) is 20.9. The number of hydrogen-bond donors (Lipinski definition) is 0. The highest BCUT2D eigenvalue weighted by Gasteiger charge is 2.29. The van der Waals surface area contributed by atoms with E-state index in [4.69, 9.17) is 0 Å². The average molecular weight is 412 g/mol. The molecule has 0 saturated carbocycles. The van der Waals surface area contributed by atoms with Crippen LogP contribution in [0.4, 0.5) is 8.78 Å². The Hall–Kier alpha value is -2.71. The van der Waals surface area contributed by atoms with Crippen LogP contribution in [0.3, 0.4) is 0 Å². The summed E-state index contributed by atoms with van der Waals surface area (Å²) in [7, 11) is 0. The van der Waals surface area contributed by atoms with Crippen LogP contribution in [0.5, 0.6) is 0 Å². The summed E-state index contributed by atoms with van der Waals surface area (Å²) in [6.07, 6.45) is 1.04. The molecule has 0 spiro atoms. The number of nitrogens with zero attached hydrogens (tertiary/aromatic N) is 6. The number of hydrogen-bond acceptors (Lipinski definition) is 5. The van der Waals surface area contributed by atoms with Crippen molar-refractivity contribution in [3.8, 4) is 0 Å². The number of benzene rings is 2. The first kappa shape index (κ1) is 20.6. The second-order valence-corrected chi connectivity index (χ2v) is 7.60. The summed E-state index contributed by atoms with van der Waals surface area (Å²) in [5.41, 5.74) is 1.73. The van der Waals surface area contributed by atoms with Crippen molar-refractivity contribution in [2.75, 3.05) is 32.7 Å². The third-order valence-electron chi connectivity index (χ3n) is 5.65. The van der Waals surface area contributed by atoms with E-state index in [1.165, 1.54) is 24.3 Å². The number of halogens is 2. The van der Waals surface area contributed by atoms with Crippen LogP contribution in [0.25, 0.3) is 0 Å². The number of tetrazole rings is 1. The molecule has 30 heavy (non-hydrogen) atoms. The van der Waals surface area contributed by atoms with Crippen molar-refractivity contribution in [3.63, 3.8) is 0 Å². The van der Waals surface area contributed by atoms with Crippen LogP contribution in [0.2, 0.25) is 0 Å². The van der Waals surface area contributed by atoms with Crippen LogP contribution >= 0.6 is 0 Å². The van der Waals surface area contributed by atoms with Crippen LogP contribution in [0, 0.1) is 11.6 Å². The fraction of sp³-hybridized carbons (Fsp3) is 0.409. The molecule has 8 heteroatoms. The topological polar surface area (TPSA) is 50.1 Å². The van der Waals surface area contributed by atoms with Crippen molar-refractivity contribution in [1.82, 2.24) is 30.0 Å². The highest BCUT2D eigenvalue weighted by molar-refractivity contribution is 5.26. The molecular weight excluding hydrogens is 386 g/mol. The monoisotopic (exact) mass is 412 g/mol. The standard InChI is InChI=1S/C22H26F2N6/c1-2-28-11-4-12-29(14-13-28)21(18-7-9-19(23)10-8-18)22-25-26-27-30(22)16-17-5-3-6-20(24)15-17/h3,5-10,15,21H,2,4,11-14,16H2,1H3. The van der Waals surface area contributed by atoms with Crippen LogP contribution in [0.15, 0.2) is 48.5 Å². The lowest BCUT2D eigenvalue weighted by atomic mass is 10.0. The van der Waals surface area contributed by atoms with E-state index >= 15 is 0 Å². The lowest BCUT2D eigenvalue weighted by molar-refractivity contribution is 0.215. The molecule has 1 aliphatic heterocycles. The van der Waals surface area contributed by atoms with Crippen molar-refractivity contribution < 1.29 is 8.78 Å². The van der Waals surface area contributed by atoms with E-state index in [0.29, 0.717) is 12.4 Å². The van der Waals surface area contributed by atoms with Gasteiger partial charge in [-0.2, -0.15) is 0 Å². The van der Waals surface area contributed by atoms with Gasteiger partial charge in [0.15, 0.2) is 5.82 Å². The molecule has 2 heterocycles. The fourth-order valence-electron chi connectivity index (χ4n) is 4.06. The van der Waals surface area contributed by atoms with Crippen molar-refractivity contribution in [2.45, 2.75) is 25.9 Å². The second-order valence-electron chi connectivity index (χ2n) is 7.60. The normalized spacial score (nSPS) is 17.0. The summed E-state index contributed by atoms with van der Waals surface area (Å²) in [6.45, 7) is 7.33. The Kier molecular flexibility index (Phi) is 6.44. The molecule has 0 radical (unpaired) electrons. The van der Waals surface area contributed by atoms with Gasteiger partial charge in [-0.05, 0) is 65.3 Å². The third kappa shape index (κ3) is 4.71. The summed E-state index contributed by atoms with van der Waals surface area (Å²) in [5, 5.41) is 12.4. The smallest absolute Gasteiger partial charge is 0.173 e. The van der Waals surface area contributed by atoms with Crippen molar-refractivity contribution in [2.24, 2.45) is 0 Å². The minimum absolute atomic E-state index is 0.203. The zero-order valence-corrected chi connectivity index (χ0v) is 17.1. The maximum absolute atomic E-state index is 13.7. The zero-order valence-electron chi connectivity index (χ0n) is 17.1. The van der Waals surface area contributed by atoms with Gasteiger partial charge in [0, 0.05) is 19.6 Å². The van der Waals surface area contributed by atoms with E-state index in [1.54, 1.807) is 22.9 Å². The molecule has 1 unspecified atom stereocenters. The van der Waals surface area contributed by atoms with E-state index < -0.39 is 0 Å². The first-order valence-electron chi connectivity index (χ1n) is 10.4. The minimum Gasteiger partial charge on any atom is -0.302 e. The van der Waals surface area contributed by atoms with Crippen LogP contribution in [-0.4, -0.2) is 62.7 Å². The van der Waals surface area contributed by atoms with Gasteiger partial charge in [0.1, 0.15) is 11.6 Å². The van der Waals surface area contributed by atoms with E-state index in [0.717, 1.165) is 50.3 Å². The van der Waals surface area contributed by atoms with E-state index in [-0.39, 0.29) is 17.7 Å². The second kappa shape index (κ2) is 9.40. The van der Waals surface area contributed by atoms with E-state index in [2.05, 4.69) is 32.2 Å². The first-order chi connectivity index (χ1) is 14.6. The molecule has 6 nitrogen and oxygen atoms in total. The van der Waals surface area contributed by atoms with Gasteiger partial charge in [-0.1, -0.05) is 31.2 Å². The Morgan fingerprint density at radius 2 is 1.80 bits per heavy atom. The van der Waals surface area contributed by atoms with E-state index in [1.807, 2.05) is 6.07 Å². The number of rotatable bonds is 6. The lowest BCUT2D eigenvalue weighted by Crippen LogP contribution is -2.35. The number of likely N-dealkylation sites (N-methyl/N-ethyl adjacent to an activating group) is 1. The molecule has 158 valence electrons. The Bertz CT molecular complexity index is 958. The number of aromatic nitrogens is 4. The SMILES string of the molecule is CCN1CCCN(C(c2ccc(F)cc2)c2nnnn2Cc2cccc(F)c2)CC1. The maximum atomic E-state index is 13.7. The molecule has 1 aromatic heterocycles. The summed E-state index contributed by atoms with van der Waals surface area (Å²) in [6, 6.07) is 12.8. The largest absolute Gasteiger partial charge is 0.302 e. The third-order valence-corrected chi connectivity index (χ3v) is 5.65. The fourth-order valence-corrected chi connectivity index (χ4v) is 4.06. The molecule has 1 atom stereocenters. The molecule has 0 bridgehead atoms. The minimum atomic E-state index is -0.288. The van der Waals surface area contributed by atoms with Gasteiger partial charge in [-0.15, -0.1) is 5.10 Å². The Morgan fingerprint density at radius 3 is 2.57 bits per heavy atom. The predicted molar refractivity (Wildman–Crippen MR) is 110 cm³/mol. The average Bonchev–Trinajstić information content (AvgIpc) is 3.05. The predicted octanol–water partition coefficient (Wildman–Crippen LogP) is 3.12. The Morgan fingerprint density at radius 1 is 0.967 bits per heavy atom. The van der Waals surface area contributed by atoms with Crippen LogP contribution in [0.1, 0.15) is 36.3 Å². The molecule has 4 rings (SSSR count). The van der Waals surface area contributed by atoms with Crippen molar-refractivity contribution in [1.29, 1.82) is 0 Å². The summed E-state index contributed by atoms with van der Waals surface area (Å²) < 4.78 is 29.0. The summed E-state index contributed by atoms with van der Waals surface area (Å²) in [4.78, 5) is 4.79. The van der Waals surface area contributed by atoms with Gasteiger partial charge in [0.05, 0.1) is 12.6 Å². The van der Waals surface area contributed by atoms with E-state index in [9.17, 15) is 8.78 Å². The lowest BCUT2D eigenvalue weighted by Gasteiger charge is -2.30. The van der Waals surface area contributed by atoms with Crippen molar-refractivity contribution >= 4 is 0 Å². The molecule has 0 amide bonds. The molecule has 3 aromatic rings. The Labute approximate surface area is 175 Å². The maximum Gasteiger partial charge on any atom is 0.173 e. The highest BCUT2D eigenvalue weighted by Crippen LogP contribution is 2.28. The van der Waals surface area contributed by atoms with Crippen LogP contribution < -0.4 is 0 Å². The molecule has 1 aliphatic rings.